The number of allylic oxidation sites excluding steroid dienone is 2. The fraction of sp³-hybridized carbons (Fsp3) is 0.391. The molecule has 0 bridgehead atoms. The minimum absolute atomic E-state index is 0.128. The Labute approximate surface area is 312 Å². The molecular weight excluding hydrogens is 830 g/mol. The molecule has 0 nitrogen and oxygen atoms in total. The number of rotatable bonds is 11. The summed E-state index contributed by atoms with van der Waals surface area (Å²) in [5.41, 5.74) is 22.1. The first kappa shape index (κ1) is 37.8. The predicted molar refractivity (Wildman–Crippen MR) is 223 cm³/mol. The summed E-state index contributed by atoms with van der Waals surface area (Å²) in [5.74, 6) is -1.64. The van der Waals surface area contributed by atoms with Gasteiger partial charge in [0.1, 0.15) is 0 Å². The number of halogens is 2. The molecule has 50 heavy (non-hydrogen) atoms. The average molecular weight is 887 g/mol. The zero-order valence-corrected chi connectivity index (χ0v) is 38.4. The first-order valence-electron chi connectivity index (χ1n) is 19.1. The molecule has 2 atom stereocenters. The van der Waals surface area contributed by atoms with Gasteiger partial charge in [-0.15, -0.1) is 0 Å². The Bertz CT molecular complexity index is 1890. The molecule has 4 heteroatoms. The Hall–Kier alpha value is -1.97. The summed E-state index contributed by atoms with van der Waals surface area (Å²) >= 11 is -5.05. The molecule has 2 aliphatic carbocycles. The van der Waals surface area contributed by atoms with Crippen LogP contribution in [0.2, 0.25) is 13.1 Å². The minimum atomic E-state index is -5.05. The van der Waals surface area contributed by atoms with Crippen LogP contribution < -0.4 is 0 Å². The van der Waals surface area contributed by atoms with Gasteiger partial charge in [0, 0.05) is 0 Å². The van der Waals surface area contributed by atoms with E-state index in [1.54, 1.807) is 0 Å². The second-order valence-corrected chi connectivity index (χ2v) is 75.2. The summed E-state index contributed by atoms with van der Waals surface area (Å²) in [6.07, 6.45) is 11.9. The van der Waals surface area contributed by atoms with Crippen LogP contribution in [0.5, 0.6) is 0 Å². The van der Waals surface area contributed by atoms with E-state index in [2.05, 4.69) is 141 Å². The summed E-state index contributed by atoms with van der Waals surface area (Å²) in [7, 11) is 17.7. The van der Waals surface area contributed by atoms with Gasteiger partial charge in [0.15, 0.2) is 0 Å². The van der Waals surface area contributed by atoms with Crippen LogP contribution in [0.25, 0.3) is 34.4 Å². The van der Waals surface area contributed by atoms with Crippen molar-refractivity contribution in [2.75, 3.05) is 0 Å². The summed E-state index contributed by atoms with van der Waals surface area (Å²) < 4.78 is 0.256. The van der Waals surface area contributed by atoms with Gasteiger partial charge in [0.25, 0.3) is 0 Å². The van der Waals surface area contributed by atoms with Gasteiger partial charge in [-0.2, -0.15) is 0 Å². The van der Waals surface area contributed by atoms with Crippen LogP contribution in [-0.2, 0) is 15.3 Å². The topological polar surface area (TPSA) is 0 Å². The van der Waals surface area contributed by atoms with Crippen molar-refractivity contribution in [3.8, 4) is 22.3 Å². The molecule has 0 saturated carbocycles. The number of fused-ring (bicyclic) bond motifs is 2. The molecule has 4 aromatic rings. The second kappa shape index (κ2) is 14.5. The third kappa shape index (κ3) is 6.07. The van der Waals surface area contributed by atoms with Gasteiger partial charge in [-0.05, 0) is 0 Å². The first-order chi connectivity index (χ1) is 23.8. The van der Waals surface area contributed by atoms with Crippen molar-refractivity contribution in [3.63, 3.8) is 0 Å². The van der Waals surface area contributed by atoms with Crippen LogP contribution in [0.4, 0.5) is 0 Å². The van der Waals surface area contributed by atoms with Gasteiger partial charge < -0.3 is 0 Å². The number of unbranched alkanes of at least 4 members (excludes halogenated alkanes) is 2. The summed E-state index contributed by atoms with van der Waals surface area (Å²) in [6.45, 7) is 23.1. The van der Waals surface area contributed by atoms with E-state index in [-0.39, 0.29) is 7.35 Å². The summed E-state index contributed by atoms with van der Waals surface area (Å²) in [5, 5.41) is 0. The van der Waals surface area contributed by atoms with Gasteiger partial charge in [-0.3, -0.25) is 0 Å². The van der Waals surface area contributed by atoms with Crippen LogP contribution in [0.1, 0.15) is 115 Å². The maximum absolute atomic E-state index is 8.86. The Morgan fingerprint density at radius 3 is 1.30 bits per heavy atom. The van der Waals surface area contributed by atoms with Gasteiger partial charge in [-0.25, -0.2) is 0 Å². The second-order valence-electron chi connectivity index (χ2n) is 15.9. The van der Waals surface area contributed by atoms with Gasteiger partial charge in [0.05, 0.1) is 0 Å². The molecule has 0 amide bonds. The van der Waals surface area contributed by atoms with E-state index in [1.165, 1.54) is 89.0 Å². The maximum atomic E-state index is 8.86. The predicted octanol–water partition coefficient (Wildman–Crippen LogP) is 14.8. The van der Waals surface area contributed by atoms with Crippen molar-refractivity contribution >= 4 is 35.3 Å². The quantitative estimate of drug-likeness (QED) is 0.132. The molecule has 0 aromatic heterocycles. The van der Waals surface area contributed by atoms with Crippen molar-refractivity contribution in [2.24, 2.45) is 0 Å². The average Bonchev–Trinajstić information content (AvgIpc) is 3.68. The van der Waals surface area contributed by atoms with Gasteiger partial charge in [0.2, 0.25) is 0 Å². The fourth-order valence-corrected chi connectivity index (χ4v) is 53.8. The van der Waals surface area contributed by atoms with Gasteiger partial charge >= 0.3 is 315 Å². The molecule has 6 rings (SSSR count). The normalized spacial score (nSPS) is 17.7. The Morgan fingerprint density at radius 2 is 0.940 bits per heavy atom. The Morgan fingerprint density at radius 1 is 0.540 bits per heavy atom. The van der Waals surface area contributed by atoms with E-state index in [0.717, 1.165) is 38.5 Å². The molecule has 2 unspecified atom stereocenters. The molecule has 2 aliphatic rings. The molecule has 0 spiro atoms. The van der Waals surface area contributed by atoms with Crippen molar-refractivity contribution < 1.29 is 15.3 Å². The van der Waals surface area contributed by atoms with E-state index in [1.807, 2.05) is 0 Å². The van der Waals surface area contributed by atoms with E-state index >= 15 is 0 Å². The molecule has 0 N–H and O–H groups in total. The van der Waals surface area contributed by atoms with Crippen molar-refractivity contribution in [1.82, 2.24) is 0 Å². The SMILES string of the molecule is CCCCC1=Cc2c(-c3ccc(C)c(C)c3C)cccc2[CH]1[Hf]([Cl])([Cl])([CH]1C(CCCC)=Cc2c(-c3ccc(C)c(C)c3C)cccc21)[SiH](C)C. The summed E-state index contributed by atoms with van der Waals surface area (Å²) in [4.78, 5) is 0. The molecule has 0 aliphatic heterocycles. The summed E-state index contributed by atoms with van der Waals surface area (Å²) in [6, 6.07) is 23.3. The zero-order valence-electron chi connectivity index (χ0n) is 32.2. The molecule has 0 fully saturated rings. The molecule has 0 heterocycles. The zero-order chi connectivity index (χ0) is 36.1. The van der Waals surface area contributed by atoms with Gasteiger partial charge in [-0.1, -0.05) is 0 Å². The van der Waals surface area contributed by atoms with E-state index in [4.69, 9.17) is 17.2 Å². The van der Waals surface area contributed by atoms with Crippen LogP contribution in [0, 0.1) is 41.5 Å². The monoisotopic (exact) mass is 887 g/mol. The number of hydrogen-bond donors (Lipinski definition) is 0. The van der Waals surface area contributed by atoms with Crippen LogP contribution in [0.3, 0.4) is 0 Å². The van der Waals surface area contributed by atoms with Crippen LogP contribution >= 0.6 is 17.2 Å². The standard InChI is InChI=1S/2C22H25.C2H7Si.2ClH.Hf/c2*1-5-6-8-18-13-19-9-7-10-21(22(19)14-18)20-12-11-15(2)16(3)17(20)4;1-3-2;;;/h2*7,9-14H,5-6,8H2,1-4H3;3H,1-2H3;2*1H;/q;;;;;+2/p-2. The molecule has 0 saturated heterocycles. The molecular formula is C46H57Cl2HfSi. The van der Waals surface area contributed by atoms with E-state index < -0.39 is 21.3 Å². The molecule has 263 valence electrons. The third-order valence-electron chi connectivity index (χ3n) is 12.8. The Balaban J connectivity index is 1.62. The Kier molecular flexibility index (Phi) is 10.9. The van der Waals surface area contributed by atoms with E-state index in [9.17, 15) is 0 Å². The molecule has 4 aromatic carbocycles. The third-order valence-corrected chi connectivity index (χ3v) is 85.7. The van der Waals surface area contributed by atoms with Crippen molar-refractivity contribution in [3.05, 3.63) is 127 Å². The van der Waals surface area contributed by atoms with Crippen LogP contribution in [-0.4, -0.2) is 5.98 Å². The van der Waals surface area contributed by atoms with Crippen LogP contribution in [0.15, 0.2) is 71.8 Å². The number of aryl methyl sites for hydroxylation is 2. The fourth-order valence-electron chi connectivity index (χ4n) is 9.22. The number of hydrogen-bond acceptors (Lipinski definition) is 0. The first-order valence-corrected chi connectivity index (χ1v) is 41.3. The van der Waals surface area contributed by atoms with Crippen molar-refractivity contribution in [1.29, 1.82) is 0 Å². The number of benzene rings is 4. The van der Waals surface area contributed by atoms with Crippen molar-refractivity contribution in [2.45, 2.75) is 114 Å². The van der Waals surface area contributed by atoms with E-state index in [0.29, 0.717) is 0 Å². The molecule has 0 radical (unpaired) electrons.